The standard InChI is InChI=1S/C25H24BrN5S/c26-17-6-7-23-19(13-17)21(15-31(23)12-11-30-9-2-1-3-10-30)25-29-22(16-32-25)20-14-28-24-18(20)5-4-8-27-24/h4-8,13-16H,1-3,9-12H2,(H,27,28). The number of H-pyrrole nitrogens is 1. The van der Waals surface area contributed by atoms with Gasteiger partial charge in [-0.05, 0) is 56.3 Å². The minimum absolute atomic E-state index is 0.898. The Balaban J connectivity index is 1.37. The lowest BCUT2D eigenvalue weighted by atomic mass is 10.1. The molecule has 162 valence electrons. The number of likely N-dealkylation sites (tertiary alicyclic amines) is 1. The second kappa shape index (κ2) is 8.46. The van der Waals surface area contributed by atoms with Gasteiger partial charge in [-0.2, -0.15) is 0 Å². The maximum absolute atomic E-state index is 5.05. The van der Waals surface area contributed by atoms with E-state index in [4.69, 9.17) is 4.98 Å². The molecule has 0 amide bonds. The van der Waals surface area contributed by atoms with Crippen LogP contribution in [-0.2, 0) is 6.54 Å². The van der Waals surface area contributed by atoms with E-state index in [1.54, 1.807) is 11.3 Å². The largest absolute Gasteiger partial charge is 0.345 e. The number of halogens is 1. The molecule has 0 spiro atoms. The van der Waals surface area contributed by atoms with Crippen LogP contribution in [0.2, 0.25) is 0 Å². The Morgan fingerprint density at radius 2 is 1.94 bits per heavy atom. The van der Waals surface area contributed by atoms with Crippen LogP contribution in [-0.4, -0.2) is 44.1 Å². The van der Waals surface area contributed by atoms with E-state index < -0.39 is 0 Å². The Morgan fingerprint density at radius 1 is 1.03 bits per heavy atom. The predicted octanol–water partition coefficient (Wildman–Crippen LogP) is 6.56. The molecule has 1 aliphatic rings. The third-order valence-corrected chi connectivity index (χ3v) is 7.78. The summed E-state index contributed by atoms with van der Waals surface area (Å²) < 4.78 is 3.50. The number of thiazole rings is 1. The van der Waals surface area contributed by atoms with Crippen molar-refractivity contribution in [2.75, 3.05) is 19.6 Å². The fraction of sp³-hybridized carbons (Fsp3) is 0.280. The maximum atomic E-state index is 5.05. The molecule has 1 aliphatic heterocycles. The van der Waals surface area contributed by atoms with Crippen molar-refractivity contribution in [3.8, 4) is 21.8 Å². The van der Waals surface area contributed by atoms with E-state index in [1.165, 1.54) is 48.8 Å². The first kappa shape index (κ1) is 20.1. The van der Waals surface area contributed by atoms with Gasteiger partial charge in [0, 0.05) is 68.9 Å². The molecule has 5 heterocycles. The lowest BCUT2D eigenvalue weighted by Gasteiger charge is -2.26. The number of benzene rings is 1. The molecule has 1 fully saturated rings. The summed E-state index contributed by atoms with van der Waals surface area (Å²) in [6.07, 6.45) is 10.1. The van der Waals surface area contributed by atoms with E-state index in [0.29, 0.717) is 0 Å². The molecule has 5 aromatic rings. The fourth-order valence-corrected chi connectivity index (χ4v) is 5.95. The highest BCUT2D eigenvalue weighted by Crippen LogP contribution is 2.37. The zero-order valence-electron chi connectivity index (χ0n) is 17.7. The molecule has 5 nitrogen and oxygen atoms in total. The van der Waals surface area contributed by atoms with Crippen LogP contribution in [0, 0.1) is 0 Å². The number of nitrogens with zero attached hydrogens (tertiary/aromatic N) is 4. The molecule has 0 radical (unpaired) electrons. The van der Waals surface area contributed by atoms with Crippen LogP contribution in [0.15, 0.2) is 58.8 Å². The van der Waals surface area contributed by atoms with Crippen molar-refractivity contribution in [3.05, 3.63) is 58.8 Å². The van der Waals surface area contributed by atoms with Crippen molar-refractivity contribution in [2.24, 2.45) is 0 Å². The molecule has 0 unspecified atom stereocenters. The number of aromatic nitrogens is 4. The number of hydrogen-bond acceptors (Lipinski definition) is 4. The number of nitrogens with one attached hydrogen (secondary N) is 1. The molecule has 4 aromatic heterocycles. The van der Waals surface area contributed by atoms with Gasteiger partial charge in [0.05, 0.1) is 5.69 Å². The van der Waals surface area contributed by atoms with Crippen molar-refractivity contribution >= 4 is 49.2 Å². The van der Waals surface area contributed by atoms with Gasteiger partial charge >= 0.3 is 0 Å². The summed E-state index contributed by atoms with van der Waals surface area (Å²) in [5.41, 5.74) is 5.47. The third-order valence-electron chi connectivity index (χ3n) is 6.41. The molecule has 0 saturated carbocycles. The van der Waals surface area contributed by atoms with Gasteiger partial charge in [-0.25, -0.2) is 9.97 Å². The van der Waals surface area contributed by atoms with Crippen molar-refractivity contribution in [1.29, 1.82) is 0 Å². The topological polar surface area (TPSA) is 49.7 Å². The minimum atomic E-state index is 0.898. The lowest BCUT2D eigenvalue weighted by Crippen LogP contribution is -2.32. The van der Waals surface area contributed by atoms with Gasteiger partial charge in [-0.15, -0.1) is 11.3 Å². The van der Waals surface area contributed by atoms with Gasteiger partial charge < -0.3 is 14.5 Å². The Kier molecular flexibility index (Phi) is 5.33. The lowest BCUT2D eigenvalue weighted by molar-refractivity contribution is 0.222. The highest BCUT2D eigenvalue weighted by Gasteiger charge is 2.17. The first-order valence-corrected chi connectivity index (χ1v) is 12.8. The van der Waals surface area contributed by atoms with E-state index in [0.717, 1.165) is 44.9 Å². The summed E-state index contributed by atoms with van der Waals surface area (Å²) in [4.78, 5) is 15.3. The number of pyridine rings is 1. The van der Waals surface area contributed by atoms with Crippen molar-refractivity contribution in [3.63, 3.8) is 0 Å². The molecule has 6 rings (SSSR count). The molecule has 7 heteroatoms. The number of hydrogen-bond donors (Lipinski definition) is 1. The first-order chi connectivity index (χ1) is 15.8. The SMILES string of the molecule is Brc1ccc2c(c1)c(-c1nc(-c3c[nH]c4ncccc34)cs1)cn2CCN1CCCCC1. The summed E-state index contributed by atoms with van der Waals surface area (Å²) in [6.45, 7) is 4.56. The van der Waals surface area contributed by atoms with Gasteiger partial charge in [0.1, 0.15) is 10.7 Å². The highest BCUT2D eigenvalue weighted by atomic mass is 79.9. The maximum Gasteiger partial charge on any atom is 0.137 e. The van der Waals surface area contributed by atoms with Crippen LogP contribution in [0.3, 0.4) is 0 Å². The Labute approximate surface area is 199 Å². The van der Waals surface area contributed by atoms with Crippen LogP contribution >= 0.6 is 27.3 Å². The van der Waals surface area contributed by atoms with Crippen LogP contribution < -0.4 is 0 Å². The Morgan fingerprint density at radius 3 is 2.84 bits per heavy atom. The Hall–Kier alpha value is -2.48. The predicted molar refractivity (Wildman–Crippen MR) is 136 cm³/mol. The van der Waals surface area contributed by atoms with Crippen molar-refractivity contribution in [2.45, 2.75) is 25.8 Å². The van der Waals surface area contributed by atoms with Crippen molar-refractivity contribution < 1.29 is 0 Å². The molecule has 0 atom stereocenters. The smallest absolute Gasteiger partial charge is 0.137 e. The molecular weight excluding hydrogens is 482 g/mol. The van der Waals surface area contributed by atoms with Crippen LogP contribution in [0.1, 0.15) is 19.3 Å². The van der Waals surface area contributed by atoms with Gasteiger partial charge in [0.2, 0.25) is 0 Å². The summed E-state index contributed by atoms with van der Waals surface area (Å²) in [5, 5.41) is 5.56. The summed E-state index contributed by atoms with van der Waals surface area (Å²) in [6, 6.07) is 10.6. The molecule has 0 bridgehead atoms. The Bertz CT molecular complexity index is 1390. The van der Waals surface area contributed by atoms with Gasteiger partial charge in [-0.3, -0.25) is 0 Å². The van der Waals surface area contributed by atoms with Gasteiger partial charge in [0.15, 0.2) is 0 Å². The van der Waals surface area contributed by atoms with Crippen molar-refractivity contribution in [1.82, 2.24) is 24.4 Å². The van der Waals surface area contributed by atoms with Crippen LogP contribution in [0.5, 0.6) is 0 Å². The second-order valence-corrected chi connectivity index (χ2v) is 10.2. The molecule has 32 heavy (non-hydrogen) atoms. The second-order valence-electron chi connectivity index (χ2n) is 8.44. The third kappa shape index (κ3) is 3.68. The van der Waals surface area contributed by atoms with Crippen LogP contribution in [0.4, 0.5) is 0 Å². The van der Waals surface area contributed by atoms with E-state index in [2.05, 4.69) is 71.2 Å². The summed E-state index contributed by atoms with van der Waals surface area (Å²) in [7, 11) is 0. The monoisotopic (exact) mass is 505 g/mol. The quantitative estimate of drug-likeness (QED) is 0.294. The molecular formula is C25H24BrN5S. The van der Waals surface area contributed by atoms with Gasteiger partial charge in [0.25, 0.3) is 0 Å². The number of aromatic amines is 1. The molecule has 1 N–H and O–H groups in total. The zero-order chi connectivity index (χ0) is 21.5. The number of rotatable bonds is 5. The van der Waals surface area contributed by atoms with E-state index in [1.807, 2.05) is 18.5 Å². The highest BCUT2D eigenvalue weighted by molar-refractivity contribution is 9.10. The minimum Gasteiger partial charge on any atom is -0.345 e. The molecule has 1 saturated heterocycles. The summed E-state index contributed by atoms with van der Waals surface area (Å²) >= 11 is 5.37. The first-order valence-electron chi connectivity index (χ1n) is 11.2. The molecule has 1 aromatic carbocycles. The van der Waals surface area contributed by atoms with E-state index in [9.17, 15) is 0 Å². The number of fused-ring (bicyclic) bond motifs is 2. The van der Waals surface area contributed by atoms with Crippen LogP contribution in [0.25, 0.3) is 43.8 Å². The summed E-state index contributed by atoms with van der Waals surface area (Å²) in [5.74, 6) is 0. The fourth-order valence-electron chi connectivity index (χ4n) is 4.75. The van der Waals surface area contributed by atoms with E-state index >= 15 is 0 Å². The average Bonchev–Trinajstić information content (AvgIpc) is 3.55. The average molecular weight is 506 g/mol. The van der Waals surface area contributed by atoms with Gasteiger partial charge in [-0.1, -0.05) is 22.4 Å². The van der Waals surface area contributed by atoms with E-state index in [-0.39, 0.29) is 0 Å². The normalized spacial score (nSPS) is 15.2. The number of piperidine rings is 1. The zero-order valence-corrected chi connectivity index (χ0v) is 20.1. The molecule has 0 aliphatic carbocycles.